The summed E-state index contributed by atoms with van der Waals surface area (Å²) < 4.78 is 0. The topological polar surface area (TPSA) is 16.1 Å². The van der Waals surface area contributed by atoms with Crippen LogP contribution in [0.4, 0.5) is 0 Å². The van der Waals surface area contributed by atoms with Crippen molar-refractivity contribution < 1.29 is 0 Å². The molecule has 0 aliphatic heterocycles. The van der Waals surface area contributed by atoms with Crippen molar-refractivity contribution >= 4 is 23.2 Å². The van der Waals surface area contributed by atoms with Crippen molar-refractivity contribution in [3.05, 3.63) is 28.0 Å². The second-order valence-corrected chi connectivity index (χ2v) is 5.38. The number of nitrogens with zero attached hydrogens (tertiary/aromatic N) is 2. The maximum Gasteiger partial charge on any atom is 0.129 e. The lowest BCUT2D eigenvalue weighted by atomic mass is 10.00. The molecule has 0 saturated heterocycles. The lowest BCUT2D eigenvalue weighted by molar-refractivity contribution is 0.141. The molecular weight excluding hydrogens is 243 g/mol. The molecule has 0 amide bonds. The number of halogens is 2. The maximum atomic E-state index is 6.09. The van der Waals surface area contributed by atoms with Crippen LogP contribution in [0.15, 0.2) is 12.1 Å². The molecule has 0 radical (unpaired) electrons. The lowest BCUT2D eigenvalue weighted by Gasteiger charge is -2.34. The van der Waals surface area contributed by atoms with Crippen LogP contribution in [-0.4, -0.2) is 22.5 Å². The van der Waals surface area contributed by atoms with Crippen molar-refractivity contribution in [2.24, 2.45) is 0 Å². The van der Waals surface area contributed by atoms with Gasteiger partial charge in [-0.1, -0.05) is 30.1 Å². The van der Waals surface area contributed by atoms with Crippen molar-refractivity contribution in [3.8, 4) is 0 Å². The average Bonchev–Trinajstić information content (AvgIpc) is 2.23. The van der Waals surface area contributed by atoms with Gasteiger partial charge < -0.3 is 0 Å². The molecule has 0 atom stereocenters. The Bertz CT molecular complexity index is 364. The summed E-state index contributed by atoms with van der Waals surface area (Å²) in [7, 11) is 2.07. The summed E-state index contributed by atoms with van der Waals surface area (Å²) >= 11 is 11.9. The summed E-state index contributed by atoms with van der Waals surface area (Å²) in [5, 5.41) is 1.16. The van der Waals surface area contributed by atoms with Crippen LogP contribution in [0.1, 0.15) is 32.9 Å². The van der Waals surface area contributed by atoms with Gasteiger partial charge in [0.1, 0.15) is 5.15 Å². The summed E-state index contributed by atoms with van der Waals surface area (Å²) in [5.41, 5.74) is 0.964. The van der Waals surface area contributed by atoms with Gasteiger partial charge in [0.2, 0.25) is 0 Å². The van der Waals surface area contributed by atoms with E-state index in [-0.39, 0.29) is 5.54 Å². The molecule has 1 aromatic heterocycles. The summed E-state index contributed by atoms with van der Waals surface area (Å²) in [6.07, 6.45) is 1.07. The molecule has 0 aromatic carbocycles. The van der Waals surface area contributed by atoms with Gasteiger partial charge in [-0.3, -0.25) is 4.90 Å². The Labute approximate surface area is 108 Å². The van der Waals surface area contributed by atoms with Crippen LogP contribution < -0.4 is 0 Å². The van der Waals surface area contributed by atoms with Gasteiger partial charge in [0.25, 0.3) is 0 Å². The zero-order valence-corrected chi connectivity index (χ0v) is 11.7. The van der Waals surface area contributed by atoms with E-state index in [0.29, 0.717) is 16.7 Å². The Hall–Kier alpha value is -0.310. The quantitative estimate of drug-likeness (QED) is 0.761. The van der Waals surface area contributed by atoms with E-state index in [1.54, 1.807) is 12.1 Å². The average molecular weight is 261 g/mol. The first-order chi connectivity index (χ1) is 7.36. The standard InChI is InChI=1S/C12H18Cl2N2/c1-5-12(2,3)16(4)8-10-9(13)6-7-11(14)15-10/h6-7H,5,8H2,1-4H3. The highest BCUT2D eigenvalue weighted by Gasteiger charge is 2.22. The van der Waals surface area contributed by atoms with Crippen molar-refractivity contribution in [1.82, 2.24) is 9.88 Å². The predicted molar refractivity (Wildman–Crippen MR) is 70.1 cm³/mol. The van der Waals surface area contributed by atoms with Gasteiger partial charge in [-0.25, -0.2) is 4.98 Å². The highest BCUT2D eigenvalue weighted by atomic mass is 35.5. The highest BCUT2D eigenvalue weighted by molar-refractivity contribution is 6.32. The number of hydrogen-bond acceptors (Lipinski definition) is 2. The minimum Gasteiger partial charge on any atom is -0.295 e. The van der Waals surface area contributed by atoms with Crippen LogP contribution in [0.5, 0.6) is 0 Å². The van der Waals surface area contributed by atoms with E-state index in [4.69, 9.17) is 23.2 Å². The van der Waals surface area contributed by atoms with Gasteiger partial charge in [0, 0.05) is 12.1 Å². The van der Waals surface area contributed by atoms with E-state index >= 15 is 0 Å². The zero-order chi connectivity index (χ0) is 12.3. The van der Waals surface area contributed by atoms with Crippen molar-refractivity contribution in [2.75, 3.05) is 7.05 Å². The van der Waals surface area contributed by atoms with Crippen LogP contribution in [0.3, 0.4) is 0 Å². The molecule has 0 spiro atoms. The van der Waals surface area contributed by atoms with Crippen LogP contribution in [0.2, 0.25) is 10.2 Å². The molecule has 2 nitrogen and oxygen atoms in total. The molecule has 90 valence electrons. The zero-order valence-electron chi connectivity index (χ0n) is 10.2. The van der Waals surface area contributed by atoms with Gasteiger partial charge in [0.05, 0.1) is 10.7 Å². The SMILES string of the molecule is CCC(C)(C)N(C)Cc1nc(Cl)ccc1Cl. The van der Waals surface area contributed by atoms with E-state index < -0.39 is 0 Å². The Morgan fingerprint density at radius 3 is 2.50 bits per heavy atom. The predicted octanol–water partition coefficient (Wildman–Crippen LogP) is 4.01. The van der Waals surface area contributed by atoms with Crippen LogP contribution in [-0.2, 0) is 6.54 Å². The van der Waals surface area contributed by atoms with E-state index in [0.717, 1.165) is 12.1 Å². The molecule has 0 bridgehead atoms. The Morgan fingerprint density at radius 1 is 1.31 bits per heavy atom. The molecule has 0 saturated carbocycles. The van der Waals surface area contributed by atoms with Gasteiger partial charge in [0.15, 0.2) is 0 Å². The van der Waals surface area contributed by atoms with E-state index in [2.05, 4.69) is 37.7 Å². The maximum absolute atomic E-state index is 6.09. The molecule has 4 heteroatoms. The fourth-order valence-electron chi connectivity index (χ4n) is 1.28. The summed E-state index contributed by atoms with van der Waals surface area (Å²) in [5.74, 6) is 0. The van der Waals surface area contributed by atoms with Crippen molar-refractivity contribution in [1.29, 1.82) is 0 Å². The molecule has 0 unspecified atom stereocenters. The molecule has 0 fully saturated rings. The lowest BCUT2D eigenvalue weighted by Crippen LogP contribution is -2.40. The second kappa shape index (κ2) is 5.35. The molecule has 16 heavy (non-hydrogen) atoms. The van der Waals surface area contributed by atoms with E-state index in [1.165, 1.54) is 0 Å². The Balaban J connectivity index is 2.84. The first-order valence-electron chi connectivity index (χ1n) is 5.39. The van der Waals surface area contributed by atoms with Crippen LogP contribution in [0, 0.1) is 0 Å². The molecular formula is C12H18Cl2N2. The normalized spacial score (nSPS) is 12.2. The molecule has 1 rings (SSSR count). The van der Waals surface area contributed by atoms with Gasteiger partial charge in [-0.15, -0.1) is 0 Å². The smallest absolute Gasteiger partial charge is 0.129 e. The number of pyridine rings is 1. The molecule has 1 aromatic rings. The van der Waals surface area contributed by atoms with Gasteiger partial charge in [-0.05, 0) is 39.4 Å². The third-order valence-electron chi connectivity index (χ3n) is 3.17. The minimum absolute atomic E-state index is 0.132. The second-order valence-electron chi connectivity index (χ2n) is 4.58. The Kier molecular flexibility index (Phi) is 4.60. The highest BCUT2D eigenvalue weighted by Crippen LogP contribution is 2.23. The fraction of sp³-hybridized carbons (Fsp3) is 0.583. The van der Waals surface area contributed by atoms with Crippen molar-refractivity contribution in [3.63, 3.8) is 0 Å². The molecule has 0 aliphatic rings. The Morgan fingerprint density at radius 2 is 1.94 bits per heavy atom. The van der Waals surface area contributed by atoms with Gasteiger partial charge in [-0.2, -0.15) is 0 Å². The van der Waals surface area contributed by atoms with Crippen LogP contribution in [0.25, 0.3) is 0 Å². The largest absolute Gasteiger partial charge is 0.295 e. The first kappa shape index (κ1) is 13.8. The van der Waals surface area contributed by atoms with E-state index in [9.17, 15) is 0 Å². The number of hydrogen-bond donors (Lipinski definition) is 0. The minimum atomic E-state index is 0.132. The summed E-state index contributed by atoms with van der Waals surface area (Å²) in [4.78, 5) is 6.49. The molecule has 0 aliphatic carbocycles. The monoisotopic (exact) mass is 260 g/mol. The number of aromatic nitrogens is 1. The molecule has 0 N–H and O–H groups in total. The first-order valence-corrected chi connectivity index (χ1v) is 6.14. The van der Waals surface area contributed by atoms with Crippen molar-refractivity contribution in [2.45, 2.75) is 39.3 Å². The molecule has 1 heterocycles. The fourth-order valence-corrected chi connectivity index (χ4v) is 1.61. The summed E-state index contributed by atoms with van der Waals surface area (Å²) in [6.45, 7) is 7.28. The van der Waals surface area contributed by atoms with E-state index in [1.807, 2.05) is 0 Å². The number of rotatable bonds is 4. The third kappa shape index (κ3) is 3.34. The third-order valence-corrected chi connectivity index (χ3v) is 3.72. The summed E-state index contributed by atoms with van der Waals surface area (Å²) in [6, 6.07) is 3.50. The van der Waals surface area contributed by atoms with Crippen LogP contribution >= 0.6 is 23.2 Å². The van der Waals surface area contributed by atoms with Gasteiger partial charge >= 0.3 is 0 Å².